The van der Waals surface area contributed by atoms with E-state index in [1.165, 1.54) is 0 Å². The summed E-state index contributed by atoms with van der Waals surface area (Å²) in [6.07, 6.45) is 0.698. The number of nitrogens with zero attached hydrogens (tertiary/aromatic N) is 1. The summed E-state index contributed by atoms with van der Waals surface area (Å²) < 4.78 is 10.2. The number of urea groups is 2. The van der Waals surface area contributed by atoms with E-state index in [0.717, 1.165) is 5.56 Å². The van der Waals surface area contributed by atoms with E-state index in [1.54, 1.807) is 43.0 Å². The first-order chi connectivity index (χ1) is 17.9. The first kappa shape index (κ1) is 27.3. The van der Waals surface area contributed by atoms with Crippen molar-refractivity contribution in [3.8, 4) is 0 Å². The van der Waals surface area contributed by atoms with Crippen LogP contribution in [0.4, 0.5) is 15.3 Å². The number of nitrogens with one attached hydrogen (secondary N) is 3. The monoisotopic (exact) mass is 508 g/mol. The van der Waals surface area contributed by atoms with Crippen molar-refractivity contribution in [2.45, 2.75) is 33.2 Å². The van der Waals surface area contributed by atoms with Crippen LogP contribution in [0.2, 0.25) is 0 Å². The van der Waals surface area contributed by atoms with Crippen molar-refractivity contribution in [2.75, 3.05) is 31.6 Å². The van der Waals surface area contributed by atoms with Crippen LogP contribution in [-0.4, -0.2) is 55.2 Å². The van der Waals surface area contributed by atoms with Gasteiger partial charge in [0.25, 0.3) is 0 Å². The fraction of sp³-hybridized carbons (Fsp3) is 0.333. The number of benzene rings is 2. The molecule has 10 heteroatoms. The molecule has 0 saturated heterocycles. The maximum Gasteiger partial charge on any atom is 0.338 e. The molecular weight excluding hydrogens is 476 g/mol. The van der Waals surface area contributed by atoms with Gasteiger partial charge in [-0.1, -0.05) is 49.4 Å². The predicted molar refractivity (Wildman–Crippen MR) is 138 cm³/mol. The van der Waals surface area contributed by atoms with Gasteiger partial charge in [0.1, 0.15) is 6.54 Å². The lowest BCUT2D eigenvalue weighted by molar-refractivity contribution is -0.142. The van der Waals surface area contributed by atoms with E-state index in [9.17, 15) is 19.2 Å². The van der Waals surface area contributed by atoms with Gasteiger partial charge in [0.15, 0.2) is 0 Å². The topological polar surface area (TPSA) is 126 Å². The Kier molecular flexibility index (Phi) is 9.65. The maximum absolute atomic E-state index is 13.2. The lowest BCUT2D eigenvalue weighted by Crippen LogP contribution is -2.48. The Morgan fingerprint density at radius 3 is 2.24 bits per heavy atom. The number of amides is 4. The van der Waals surface area contributed by atoms with Gasteiger partial charge in [-0.25, -0.2) is 14.4 Å². The smallest absolute Gasteiger partial charge is 0.338 e. The zero-order valence-electron chi connectivity index (χ0n) is 21.2. The second-order valence-electron chi connectivity index (χ2n) is 8.12. The molecular formula is C27H32N4O6. The summed E-state index contributed by atoms with van der Waals surface area (Å²) in [4.78, 5) is 51.5. The van der Waals surface area contributed by atoms with Crippen LogP contribution in [0.5, 0.6) is 0 Å². The zero-order chi connectivity index (χ0) is 26.8. The average molecular weight is 509 g/mol. The molecule has 4 amide bonds. The van der Waals surface area contributed by atoms with Crippen LogP contribution in [-0.2, 0) is 19.1 Å². The number of carbonyl (C=O) groups excluding carboxylic acids is 4. The second-order valence-corrected chi connectivity index (χ2v) is 8.12. The summed E-state index contributed by atoms with van der Waals surface area (Å²) in [6.45, 7) is 5.95. The molecule has 1 heterocycles. The molecule has 0 bridgehead atoms. The van der Waals surface area contributed by atoms with Crippen molar-refractivity contribution >= 4 is 35.4 Å². The van der Waals surface area contributed by atoms with Gasteiger partial charge in [-0.15, -0.1) is 0 Å². The molecule has 0 saturated carbocycles. The van der Waals surface area contributed by atoms with Crippen LogP contribution in [0.25, 0.3) is 5.70 Å². The van der Waals surface area contributed by atoms with Crippen molar-refractivity contribution in [1.29, 1.82) is 0 Å². The van der Waals surface area contributed by atoms with Gasteiger partial charge in [-0.2, -0.15) is 0 Å². The van der Waals surface area contributed by atoms with Gasteiger partial charge in [0.2, 0.25) is 0 Å². The van der Waals surface area contributed by atoms with Crippen LogP contribution in [0.15, 0.2) is 60.2 Å². The molecule has 1 atom stereocenters. The van der Waals surface area contributed by atoms with Crippen LogP contribution in [0, 0.1) is 0 Å². The first-order valence-electron chi connectivity index (χ1n) is 12.2. The standard InChI is InChI=1S/C27H32N4O6/c1-4-16-31-24(19-10-8-7-9-11-19)22(25(33)37-6-3)23(30-27(31)35)18-12-14-20(15-13-18)29-26(34)28-17-21(32)36-5-2/h7-15,23H,4-6,16-17H2,1-3H3,(H,30,35)(H2,28,29,34). The van der Waals surface area contributed by atoms with Crippen molar-refractivity contribution < 1.29 is 28.7 Å². The van der Waals surface area contributed by atoms with E-state index in [1.807, 2.05) is 37.3 Å². The second kappa shape index (κ2) is 13.1. The van der Waals surface area contributed by atoms with Crippen LogP contribution in [0.1, 0.15) is 44.4 Å². The molecule has 0 aromatic heterocycles. The lowest BCUT2D eigenvalue weighted by atomic mass is 9.91. The molecule has 1 unspecified atom stereocenters. The Labute approximate surface area is 216 Å². The fourth-order valence-electron chi connectivity index (χ4n) is 3.97. The van der Waals surface area contributed by atoms with Crippen molar-refractivity contribution in [2.24, 2.45) is 0 Å². The summed E-state index contributed by atoms with van der Waals surface area (Å²) >= 11 is 0. The number of hydrogen-bond donors (Lipinski definition) is 3. The lowest BCUT2D eigenvalue weighted by Gasteiger charge is -2.36. The third-order valence-corrected chi connectivity index (χ3v) is 5.52. The summed E-state index contributed by atoms with van der Waals surface area (Å²) in [5.41, 5.74) is 2.67. The first-order valence-corrected chi connectivity index (χ1v) is 12.2. The van der Waals surface area contributed by atoms with Crippen LogP contribution >= 0.6 is 0 Å². The molecule has 37 heavy (non-hydrogen) atoms. The van der Waals surface area contributed by atoms with E-state index >= 15 is 0 Å². The van der Waals surface area contributed by atoms with Gasteiger partial charge < -0.3 is 25.4 Å². The van der Waals surface area contributed by atoms with Crippen molar-refractivity contribution in [3.63, 3.8) is 0 Å². The highest BCUT2D eigenvalue weighted by atomic mass is 16.5. The van der Waals surface area contributed by atoms with E-state index in [-0.39, 0.29) is 25.8 Å². The Hall–Kier alpha value is -4.34. The fourth-order valence-corrected chi connectivity index (χ4v) is 3.97. The summed E-state index contributed by atoms with van der Waals surface area (Å²) in [6, 6.07) is 14.3. The largest absolute Gasteiger partial charge is 0.465 e. The molecule has 10 nitrogen and oxygen atoms in total. The Morgan fingerprint density at radius 1 is 0.946 bits per heavy atom. The summed E-state index contributed by atoms with van der Waals surface area (Å²) in [5, 5.41) is 7.99. The Morgan fingerprint density at radius 2 is 1.62 bits per heavy atom. The molecule has 0 aliphatic carbocycles. The molecule has 3 rings (SSSR count). The molecule has 2 aromatic rings. The minimum atomic E-state index is -0.762. The van der Waals surface area contributed by atoms with E-state index in [2.05, 4.69) is 16.0 Å². The Bertz CT molecular complexity index is 1150. The van der Waals surface area contributed by atoms with Crippen molar-refractivity contribution in [1.82, 2.24) is 15.5 Å². The third-order valence-electron chi connectivity index (χ3n) is 5.52. The summed E-state index contributed by atoms with van der Waals surface area (Å²) in [5.74, 6) is -1.06. The number of hydrogen-bond acceptors (Lipinski definition) is 6. The molecule has 1 aliphatic rings. The van der Waals surface area contributed by atoms with Gasteiger partial charge in [0, 0.05) is 12.2 Å². The zero-order valence-corrected chi connectivity index (χ0v) is 21.2. The van der Waals surface area contributed by atoms with E-state index < -0.39 is 24.0 Å². The molecule has 0 spiro atoms. The maximum atomic E-state index is 13.2. The Balaban J connectivity index is 1.93. The van der Waals surface area contributed by atoms with E-state index in [0.29, 0.717) is 35.5 Å². The highest BCUT2D eigenvalue weighted by Crippen LogP contribution is 2.37. The summed E-state index contributed by atoms with van der Waals surface area (Å²) in [7, 11) is 0. The minimum Gasteiger partial charge on any atom is -0.465 e. The van der Waals surface area contributed by atoms with Gasteiger partial charge in [0.05, 0.1) is 30.5 Å². The number of ether oxygens (including phenoxy) is 2. The minimum absolute atomic E-state index is 0.183. The SMILES string of the molecule is CCCN1C(=O)NC(c2ccc(NC(=O)NCC(=O)OCC)cc2)C(C(=O)OCC)=C1c1ccccc1. The van der Waals surface area contributed by atoms with Gasteiger partial charge >= 0.3 is 24.0 Å². The van der Waals surface area contributed by atoms with Gasteiger partial charge in [-0.3, -0.25) is 9.69 Å². The third kappa shape index (κ3) is 6.87. The molecule has 1 aliphatic heterocycles. The number of anilines is 1. The number of carbonyl (C=O) groups is 4. The number of rotatable bonds is 10. The molecule has 196 valence electrons. The normalized spacial score (nSPS) is 15.1. The van der Waals surface area contributed by atoms with Crippen molar-refractivity contribution in [3.05, 3.63) is 71.3 Å². The van der Waals surface area contributed by atoms with Crippen LogP contribution in [0.3, 0.4) is 0 Å². The molecule has 3 N–H and O–H groups in total. The molecule has 0 radical (unpaired) electrons. The van der Waals surface area contributed by atoms with Crippen LogP contribution < -0.4 is 16.0 Å². The highest BCUT2D eigenvalue weighted by Gasteiger charge is 2.38. The van der Waals surface area contributed by atoms with Gasteiger partial charge in [-0.05, 0) is 43.5 Å². The molecule has 0 fully saturated rings. The predicted octanol–water partition coefficient (Wildman–Crippen LogP) is 3.82. The average Bonchev–Trinajstić information content (AvgIpc) is 2.89. The highest BCUT2D eigenvalue weighted by molar-refractivity contribution is 6.04. The number of esters is 2. The van der Waals surface area contributed by atoms with E-state index in [4.69, 9.17) is 9.47 Å². The quantitative estimate of drug-likeness (QED) is 0.419. The molecule has 2 aromatic carbocycles.